The summed E-state index contributed by atoms with van der Waals surface area (Å²) in [5, 5.41) is 0. The minimum Gasteiger partial charge on any atom is -0.493 e. The second-order valence-corrected chi connectivity index (χ2v) is 3.77. The van der Waals surface area contributed by atoms with Gasteiger partial charge in [-0.15, -0.1) is 0 Å². The molecule has 0 fully saturated rings. The molecule has 1 aliphatic rings. The summed E-state index contributed by atoms with van der Waals surface area (Å²) in [4.78, 5) is 13.1. The van der Waals surface area contributed by atoms with Crippen molar-refractivity contribution >= 4 is 6.09 Å². The quantitative estimate of drug-likeness (QED) is 0.729. The molecule has 1 aromatic rings. The number of carbonyl (C=O) groups is 1. The molecule has 0 aliphatic carbocycles. The first-order valence-corrected chi connectivity index (χ1v) is 5.26. The van der Waals surface area contributed by atoms with E-state index in [0.29, 0.717) is 6.61 Å². The van der Waals surface area contributed by atoms with E-state index in [1.807, 2.05) is 24.3 Å². The van der Waals surface area contributed by atoms with E-state index in [9.17, 15) is 4.79 Å². The van der Waals surface area contributed by atoms with E-state index in [1.54, 1.807) is 11.9 Å². The van der Waals surface area contributed by atoms with Crippen molar-refractivity contribution in [3.63, 3.8) is 0 Å². The average Bonchev–Trinajstić information content (AvgIpc) is 2.36. The zero-order chi connectivity index (χ0) is 11.5. The largest absolute Gasteiger partial charge is 0.493 e. The molecule has 16 heavy (non-hydrogen) atoms. The molecule has 0 saturated carbocycles. The first-order chi connectivity index (χ1) is 7.74. The maximum atomic E-state index is 11.5. The Hall–Kier alpha value is -1.71. The maximum Gasteiger partial charge on any atom is 0.409 e. The van der Waals surface area contributed by atoms with Gasteiger partial charge in [-0.3, -0.25) is 0 Å². The number of rotatable bonds is 1. The zero-order valence-corrected chi connectivity index (χ0v) is 9.47. The fraction of sp³-hybridized carbons (Fsp3) is 0.417. The molecular formula is C12H15NO3. The van der Waals surface area contributed by atoms with Gasteiger partial charge in [0.25, 0.3) is 0 Å². The van der Waals surface area contributed by atoms with Gasteiger partial charge >= 0.3 is 6.09 Å². The van der Waals surface area contributed by atoms with E-state index in [4.69, 9.17) is 9.47 Å². The Labute approximate surface area is 94.8 Å². The van der Waals surface area contributed by atoms with Crippen LogP contribution in [0.1, 0.15) is 18.0 Å². The molecule has 0 bridgehead atoms. The molecule has 1 heterocycles. The van der Waals surface area contributed by atoms with Crippen LogP contribution in [0.2, 0.25) is 0 Å². The van der Waals surface area contributed by atoms with E-state index in [0.717, 1.165) is 17.7 Å². The number of para-hydroxylation sites is 1. The van der Waals surface area contributed by atoms with Crippen molar-refractivity contribution < 1.29 is 14.3 Å². The molecule has 0 spiro atoms. The summed E-state index contributed by atoms with van der Waals surface area (Å²) in [7, 11) is 3.14. The van der Waals surface area contributed by atoms with Gasteiger partial charge in [-0.2, -0.15) is 0 Å². The fourth-order valence-electron chi connectivity index (χ4n) is 2.00. The molecule has 0 radical (unpaired) electrons. The van der Waals surface area contributed by atoms with Crippen LogP contribution >= 0.6 is 0 Å². The van der Waals surface area contributed by atoms with E-state index < -0.39 is 0 Å². The molecule has 1 unspecified atom stereocenters. The number of carbonyl (C=O) groups excluding carboxylic acids is 1. The van der Waals surface area contributed by atoms with Gasteiger partial charge < -0.3 is 14.4 Å². The lowest BCUT2D eigenvalue weighted by Gasteiger charge is -2.32. The Bertz CT molecular complexity index is 392. The minimum atomic E-state index is -0.318. The summed E-state index contributed by atoms with van der Waals surface area (Å²) in [5.74, 6) is 0.856. The third kappa shape index (κ3) is 1.83. The summed E-state index contributed by atoms with van der Waals surface area (Å²) >= 11 is 0. The molecular weight excluding hydrogens is 206 g/mol. The highest BCUT2D eigenvalue weighted by Crippen LogP contribution is 2.35. The summed E-state index contributed by atoms with van der Waals surface area (Å²) in [6.45, 7) is 0.628. The topological polar surface area (TPSA) is 38.8 Å². The van der Waals surface area contributed by atoms with Gasteiger partial charge in [0.15, 0.2) is 0 Å². The third-order valence-electron chi connectivity index (χ3n) is 2.86. The first kappa shape index (κ1) is 10.8. The van der Waals surface area contributed by atoms with Crippen molar-refractivity contribution in [1.82, 2.24) is 4.90 Å². The average molecular weight is 221 g/mol. The molecule has 0 aromatic heterocycles. The number of hydrogen-bond acceptors (Lipinski definition) is 3. The molecule has 1 amide bonds. The zero-order valence-electron chi connectivity index (χ0n) is 9.47. The van der Waals surface area contributed by atoms with Crippen LogP contribution in [0.3, 0.4) is 0 Å². The molecule has 86 valence electrons. The number of fused-ring (bicyclic) bond motifs is 1. The van der Waals surface area contributed by atoms with E-state index in [1.165, 1.54) is 7.11 Å². The van der Waals surface area contributed by atoms with Crippen LogP contribution in [0.4, 0.5) is 4.79 Å². The molecule has 1 atom stereocenters. The first-order valence-electron chi connectivity index (χ1n) is 5.26. The maximum absolute atomic E-state index is 11.5. The van der Waals surface area contributed by atoms with Gasteiger partial charge in [0.1, 0.15) is 5.75 Å². The van der Waals surface area contributed by atoms with Gasteiger partial charge in [0.05, 0.1) is 19.8 Å². The van der Waals surface area contributed by atoms with Crippen molar-refractivity contribution in [2.45, 2.75) is 12.5 Å². The van der Waals surface area contributed by atoms with Crippen LogP contribution in [0.15, 0.2) is 24.3 Å². The number of amides is 1. The minimum absolute atomic E-state index is 0.0393. The Kier molecular flexibility index (Phi) is 2.99. The Morgan fingerprint density at radius 3 is 3.00 bits per heavy atom. The van der Waals surface area contributed by atoms with Crippen LogP contribution < -0.4 is 4.74 Å². The molecule has 0 saturated heterocycles. The predicted octanol–water partition coefficient (Wildman–Crippen LogP) is 2.21. The van der Waals surface area contributed by atoms with Crippen LogP contribution in [-0.2, 0) is 4.74 Å². The number of hydrogen-bond donors (Lipinski definition) is 0. The van der Waals surface area contributed by atoms with Gasteiger partial charge in [-0.25, -0.2) is 4.79 Å². The van der Waals surface area contributed by atoms with E-state index >= 15 is 0 Å². The molecule has 1 aromatic carbocycles. The van der Waals surface area contributed by atoms with Crippen molar-refractivity contribution in [3.05, 3.63) is 29.8 Å². The predicted molar refractivity (Wildman–Crippen MR) is 59.5 cm³/mol. The fourth-order valence-corrected chi connectivity index (χ4v) is 2.00. The van der Waals surface area contributed by atoms with Crippen molar-refractivity contribution in [3.8, 4) is 5.75 Å². The Morgan fingerprint density at radius 2 is 2.25 bits per heavy atom. The molecule has 1 aliphatic heterocycles. The summed E-state index contributed by atoms with van der Waals surface area (Å²) in [6, 6.07) is 7.83. The summed E-state index contributed by atoms with van der Waals surface area (Å²) in [6.07, 6.45) is 0.476. The Morgan fingerprint density at radius 1 is 1.50 bits per heavy atom. The standard InChI is InChI=1S/C12H15NO3/c1-13(12(14)15-2)10-7-8-16-11-6-4-3-5-9(10)11/h3-6,10H,7-8H2,1-2H3. The smallest absolute Gasteiger partial charge is 0.409 e. The highest BCUT2D eigenvalue weighted by atomic mass is 16.5. The van der Waals surface area contributed by atoms with Crippen LogP contribution in [0, 0.1) is 0 Å². The number of methoxy groups -OCH3 is 1. The second kappa shape index (κ2) is 4.43. The van der Waals surface area contributed by atoms with Gasteiger partial charge in [0.2, 0.25) is 0 Å². The lowest BCUT2D eigenvalue weighted by molar-refractivity contribution is 0.104. The van der Waals surface area contributed by atoms with Crippen LogP contribution in [0.5, 0.6) is 5.75 Å². The van der Waals surface area contributed by atoms with Crippen molar-refractivity contribution in [2.24, 2.45) is 0 Å². The van der Waals surface area contributed by atoms with E-state index in [-0.39, 0.29) is 12.1 Å². The van der Waals surface area contributed by atoms with Gasteiger partial charge in [-0.05, 0) is 6.07 Å². The molecule has 4 heteroatoms. The second-order valence-electron chi connectivity index (χ2n) is 3.77. The normalized spacial score (nSPS) is 18.2. The number of ether oxygens (including phenoxy) is 2. The number of benzene rings is 1. The highest BCUT2D eigenvalue weighted by molar-refractivity contribution is 5.68. The van der Waals surface area contributed by atoms with Gasteiger partial charge in [0, 0.05) is 19.0 Å². The summed E-state index contributed by atoms with van der Waals surface area (Å²) < 4.78 is 10.3. The third-order valence-corrected chi connectivity index (χ3v) is 2.86. The highest BCUT2D eigenvalue weighted by Gasteiger charge is 2.27. The molecule has 2 rings (SSSR count). The van der Waals surface area contributed by atoms with Crippen LogP contribution in [0.25, 0.3) is 0 Å². The molecule has 0 N–H and O–H groups in total. The summed E-state index contributed by atoms with van der Waals surface area (Å²) in [5.41, 5.74) is 1.04. The molecule has 4 nitrogen and oxygen atoms in total. The van der Waals surface area contributed by atoms with Crippen molar-refractivity contribution in [2.75, 3.05) is 20.8 Å². The van der Waals surface area contributed by atoms with Crippen LogP contribution in [-0.4, -0.2) is 31.8 Å². The Balaban J connectivity index is 2.28. The monoisotopic (exact) mass is 221 g/mol. The van der Waals surface area contributed by atoms with Crippen molar-refractivity contribution in [1.29, 1.82) is 0 Å². The van der Waals surface area contributed by atoms with Gasteiger partial charge in [-0.1, -0.05) is 18.2 Å². The number of nitrogens with zero attached hydrogens (tertiary/aromatic N) is 1. The lowest BCUT2D eigenvalue weighted by Crippen LogP contribution is -2.34. The lowest BCUT2D eigenvalue weighted by atomic mass is 10.00. The van der Waals surface area contributed by atoms with E-state index in [2.05, 4.69) is 0 Å². The SMILES string of the molecule is COC(=O)N(C)C1CCOc2ccccc21.